The van der Waals surface area contributed by atoms with Gasteiger partial charge in [0.05, 0.1) is 18.8 Å². The normalized spacial score (nSPS) is 17.5. The highest BCUT2D eigenvalue weighted by Gasteiger charge is 2.32. The second-order valence-electron chi connectivity index (χ2n) is 11.7. The first-order valence-electron chi connectivity index (χ1n) is 16.3. The number of aliphatic hydroxyl groups is 1. The number of hydrogen-bond donors (Lipinski definition) is 4. The summed E-state index contributed by atoms with van der Waals surface area (Å²) in [6, 6.07) is 25.9. The Balaban J connectivity index is 1.21. The molecule has 0 radical (unpaired) electrons. The van der Waals surface area contributed by atoms with Crippen LogP contribution in [0.5, 0.6) is 0 Å². The third-order valence-electron chi connectivity index (χ3n) is 8.15. The van der Waals surface area contributed by atoms with Crippen LogP contribution in [0.1, 0.15) is 79.6 Å². The van der Waals surface area contributed by atoms with Crippen LogP contribution in [0.2, 0.25) is 0 Å². The van der Waals surface area contributed by atoms with Crippen LogP contribution in [-0.2, 0) is 32.2 Å². The van der Waals surface area contributed by atoms with Gasteiger partial charge in [-0.25, -0.2) is 15.4 Å². The van der Waals surface area contributed by atoms with Gasteiger partial charge in [0.25, 0.3) is 0 Å². The molecule has 48 heavy (non-hydrogen) atoms. The van der Waals surface area contributed by atoms with E-state index in [2.05, 4.69) is 39.6 Å². The van der Waals surface area contributed by atoms with E-state index in [0.29, 0.717) is 36.7 Å². The number of rotatable bonds is 16. The first-order valence-corrected chi connectivity index (χ1v) is 17.3. The van der Waals surface area contributed by atoms with Gasteiger partial charge in [-0.15, -0.1) is 0 Å². The van der Waals surface area contributed by atoms with Crippen molar-refractivity contribution in [3.05, 3.63) is 114 Å². The molecule has 4 aromatic rings. The predicted molar refractivity (Wildman–Crippen MR) is 183 cm³/mol. The van der Waals surface area contributed by atoms with E-state index >= 15 is 0 Å². The van der Waals surface area contributed by atoms with Crippen molar-refractivity contribution in [2.75, 3.05) is 5.75 Å². The molecule has 11 heteroatoms. The lowest BCUT2D eigenvalue weighted by Gasteiger charge is -2.36. The van der Waals surface area contributed by atoms with Crippen molar-refractivity contribution in [1.82, 2.24) is 20.8 Å². The fraction of sp³-hybridized carbons (Fsp3) is 0.351. The monoisotopic (exact) mass is 670 g/mol. The molecule has 252 valence electrons. The summed E-state index contributed by atoms with van der Waals surface area (Å²) in [5.74, 6) is 0.284. The molecule has 5 rings (SSSR count). The summed E-state index contributed by atoms with van der Waals surface area (Å²) < 4.78 is 13.1. The van der Waals surface area contributed by atoms with Crippen molar-refractivity contribution in [2.45, 2.75) is 81.8 Å². The maximum absolute atomic E-state index is 12.4. The first-order chi connectivity index (χ1) is 23.5. The largest absolute Gasteiger partial charge is 0.392 e. The molecule has 0 aliphatic carbocycles. The van der Waals surface area contributed by atoms with Crippen molar-refractivity contribution in [3.8, 4) is 11.1 Å². The van der Waals surface area contributed by atoms with Gasteiger partial charge in [-0.3, -0.25) is 14.8 Å². The maximum atomic E-state index is 12.4. The molecular weight excluding hydrogens is 628 g/mol. The van der Waals surface area contributed by atoms with E-state index in [1.807, 2.05) is 48.5 Å². The number of nitrogens with zero attached hydrogens (tertiary/aromatic N) is 2. The number of carbonyl (C=O) groups is 2. The summed E-state index contributed by atoms with van der Waals surface area (Å²) in [6.07, 6.45) is 7.09. The van der Waals surface area contributed by atoms with Crippen LogP contribution in [-0.4, -0.2) is 44.0 Å². The fourth-order valence-corrected chi connectivity index (χ4v) is 6.37. The summed E-state index contributed by atoms with van der Waals surface area (Å²) in [4.78, 5) is 32.2. The number of nitrogens with one attached hydrogen (secondary N) is 2. The van der Waals surface area contributed by atoms with Gasteiger partial charge >= 0.3 is 0 Å². The lowest BCUT2D eigenvalue weighted by atomic mass is 9.99. The molecule has 2 heterocycles. The van der Waals surface area contributed by atoms with Crippen LogP contribution < -0.4 is 10.8 Å². The average Bonchev–Trinajstić information content (AvgIpc) is 3.15. The number of aromatic nitrogens is 2. The van der Waals surface area contributed by atoms with Gasteiger partial charge in [-0.05, 0) is 58.9 Å². The SMILES string of the molecule is O=C(CCCCCCC(=O)NCc1cccc(-c2cccc([C@H]3O[C@@H](CSc4ncccn4)C[C@@H](c4ccc(CO)cc4)O3)c2)c1)NO. The zero-order valence-electron chi connectivity index (χ0n) is 26.8. The molecule has 1 fully saturated rings. The van der Waals surface area contributed by atoms with E-state index in [0.717, 1.165) is 52.6 Å². The van der Waals surface area contributed by atoms with Crippen LogP contribution in [0.4, 0.5) is 0 Å². The Bertz CT molecular complexity index is 1610. The van der Waals surface area contributed by atoms with Gasteiger partial charge in [0.15, 0.2) is 11.4 Å². The molecule has 2 amide bonds. The molecule has 0 unspecified atom stereocenters. The standard InChI is InChI=1S/C37H42N4O6S/c42-24-26-14-16-28(17-15-26)33-22-32(25-48-37-38-18-7-19-39-37)46-36(47-33)31-11-6-10-30(21-31)29-9-5-8-27(20-29)23-40-34(43)12-3-1-2-4-13-35(44)41-45/h5-11,14-21,32-33,36,42,45H,1-4,12-13,22-25H2,(H,40,43)(H,41,44)/t32-,33+,36+/m1/s1. The highest BCUT2D eigenvalue weighted by atomic mass is 32.2. The summed E-state index contributed by atoms with van der Waals surface area (Å²) in [6.45, 7) is 0.421. The van der Waals surface area contributed by atoms with E-state index < -0.39 is 6.29 Å². The van der Waals surface area contributed by atoms with E-state index in [-0.39, 0.29) is 37.0 Å². The van der Waals surface area contributed by atoms with Crippen molar-refractivity contribution in [1.29, 1.82) is 0 Å². The van der Waals surface area contributed by atoms with E-state index in [9.17, 15) is 14.7 Å². The predicted octanol–water partition coefficient (Wildman–Crippen LogP) is 6.44. The van der Waals surface area contributed by atoms with Crippen molar-refractivity contribution in [3.63, 3.8) is 0 Å². The topological polar surface area (TPSA) is 143 Å². The highest BCUT2D eigenvalue weighted by Crippen LogP contribution is 2.40. The summed E-state index contributed by atoms with van der Waals surface area (Å²) >= 11 is 1.56. The summed E-state index contributed by atoms with van der Waals surface area (Å²) in [5.41, 5.74) is 7.46. The zero-order valence-corrected chi connectivity index (χ0v) is 27.6. The second-order valence-corrected chi connectivity index (χ2v) is 12.7. The third kappa shape index (κ3) is 10.7. The first kappa shape index (κ1) is 35.2. The maximum Gasteiger partial charge on any atom is 0.243 e. The summed E-state index contributed by atoms with van der Waals surface area (Å²) in [7, 11) is 0. The van der Waals surface area contributed by atoms with Crippen LogP contribution in [0, 0.1) is 0 Å². The van der Waals surface area contributed by atoms with Crippen LogP contribution in [0.15, 0.2) is 96.4 Å². The Morgan fingerprint density at radius 2 is 1.50 bits per heavy atom. The average molecular weight is 671 g/mol. The molecular formula is C37H42N4O6S. The molecule has 1 aliphatic rings. The molecule has 10 nitrogen and oxygen atoms in total. The Morgan fingerprint density at radius 1 is 0.792 bits per heavy atom. The van der Waals surface area contributed by atoms with Crippen LogP contribution in [0.3, 0.4) is 0 Å². The molecule has 1 aromatic heterocycles. The number of ether oxygens (including phenoxy) is 2. The number of carbonyl (C=O) groups excluding carboxylic acids is 2. The molecule has 3 aromatic carbocycles. The van der Waals surface area contributed by atoms with E-state index in [1.165, 1.54) is 0 Å². The molecule has 3 atom stereocenters. The van der Waals surface area contributed by atoms with Gasteiger partial charge in [0.1, 0.15) is 0 Å². The molecule has 0 spiro atoms. The summed E-state index contributed by atoms with van der Waals surface area (Å²) in [5, 5.41) is 21.8. The number of hydroxylamine groups is 1. The van der Waals surface area contributed by atoms with Crippen LogP contribution >= 0.6 is 11.8 Å². The Hall–Kier alpha value is -4.13. The number of thioether (sulfide) groups is 1. The lowest BCUT2D eigenvalue weighted by molar-refractivity contribution is -0.245. The van der Waals surface area contributed by atoms with E-state index in [4.69, 9.17) is 14.7 Å². The molecule has 1 aliphatic heterocycles. The van der Waals surface area contributed by atoms with E-state index in [1.54, 1.807) is 35.7 Å². The minimum Gasteiger partial charge on any atom is -0.392 e. The number of aliphatic hydroxyl groups excluding tert-OH is 1. The fourth-order valence-electron chi connectivity index (χ4n) is 5.55. The number of unbranched alkanes of at least 4 members (excludes halogenated alkanes) is 3. The minimum atomic E-state index is -0.585. The van der Waals surface area contributed by atoms with Crippen molar-refractivity contribution >= 4 is 23.6 Å². The highest BCUT2D eigenvalue weighted by molar-refractivity contribution is 7.99. The molecule has 4 N–H and O–H groups in total. The van der Waals surface area contributed by atoms with Gasteiger partial charge < -0.3 is 19.9 Å². The van der Waals surface area contributed by atoms with Crippen molar-refractivity contribution < 1.29 is 29.4 Å². The smallest absolute Gasteiger partial charge is 0.243 e. The number of hydrogen-bond acceptors (Lipinski definition) is 9. The van der Waals surface area contributed by atoms with Gasteiger partial charge in [-0.1, -0.05) is 85.3 Å². The lowest BCUT2D eigenvalue weighted by Crippen LogP contribution is -2.31. The molecule has 0 bridgehead atoms. The number of benzene rings is 3. The minimum absolute atomic E-state index is 0.00537. The third-order valence-corrected chi connectivity index (χ3v) is 9.15. The van der Waals surface area contributed by atoms with Gasteiger partial charge in [-0.2, -0.15) is 0 Å². The molecule has 0 saturated carbocycles. The second kappa shape index (κ2) is 18.4. The van der Waals surface area contributed by atoms with Crippen molar-refractivity contribution in [2.24, 2.45) is 0 Å². The number of amides is 2. The van der Waals surface area contributed by atoms with Crippen LogP contribution in [0.25, 0.3) is 11.1 Å². The van der Waals surface area contributed by atoms with Gasteiger partial charge in [0.2, 0.25) is 11.8 Å². The Kier molecular flexibility index (Phi) is 13.5. The quantitative estimate of drug-likeness (QED) is 0.0348. The Morgan fingerprint density at radius 3 is 2.23 bits per heavy atom. The zero-order chi connectivity index (χ0) is 33.6. The van der Waals surface area contributed by atoms with Gasteiger partial charge in [0, 0.05) is 49.5 Å². The molecule has 1 saturated heterocycles. The Labute approximate surface area is 285 Å².